The van der Waals surface area contributed by atoms with Crippen LogP contribution in [0, 0.1) is 12.8 Å². The van der Waals surface area contributed by atoms with Crippen molar-refractivity contribution >= 4 is 11.6 Å². The molecule has 4 heteroatoms. The van der Waals surface area contributed by atoms with Gasteiger partial charge < -0.3 is 5.11 Å². The van der Waals surface area contributed by atoms with Crippen LogP contribution in [-0.2, 0) is 13.5 Å². The third-order valence-corrected chi connectivity index (χ3v) is 4.25. The van der Waals surface area contributed by atoms with Crippen LogP contribution < -0.4 is 0 Å². The van der Waals surface area contributed by atoms with Gasteiger partial charge in [0, 0.05) is 13.5 Å². The second-order valence-electron chi connectivity index (χ2n) is 5.27. The molecule has 1 N–H and O–H groups in total. The maximum absolute atomic E-state index is 10.8. The summed E-state index contributed by atoms with van der Waals surface area (Å²) in [5.41, 5.74) is 1.23. The first kappa shape index (κ1) is 12.9. The Labute approximate surface area is 108 Å². The molecule has 2 rings (SSSR count). The van der Waals surface area contributed by atoms with Crippen LogP contribution in [-0.4, -0.2) is 20.5 Å². The van der Waals surface area contributed by atoms with E-state index in [0.29, 0.717) is 17.4 Å². The van der Waals surface area contributed by atoms with Crippen LogP contribution in [0.25, 0.3) is 0 Å². The minimum absolute atomic E-state index is 0.453. The third-order valence-electron chi connectivity index (χ3n) is 3.76. The molecule has 1 aliphatic rings. The molecule has 0 spiro atoms. The number of hydrogen-bond acceptors (Lipinski definition) is 2. The van der Waals surface area contributed by atoms with Crippen molar-refractivity contribution in [3.8, 4) is 0 Å². The molecule has 1 heterocycles. The fraction of sp³-hybridized carbons (Fsp3) is 0.769. The standard InChI is InChI=1S/C13H21ClN2O/c1-4-7-13(17,10-5-6-10)8-11-12(14)9(2)15-16(11)3/h10,17H,4-8H2,1-3H3. The molecule has 3 nitrogen and oxygen atoms in total. The van der Waals surface area contributed by atoms with Gasteiger partial charge in [-0.05, 0) is 32.1 Å². The molecule has 0 radical (unpaired) electrons. The Kier molecular flexibility index (Phi) is 3.50. The minimum Gasteiger partial charge on any atom is -0.389 e. The first-order valence-corrected chi connectivity index (χ1v) is 6.76. The summed E-state index contributed by atoms with van der Waals surface area (Å²) in [6.07, 6.45) is 4.76. The van der Waals surface area contributed by atoms with Crippen LogP contribution in [0.15, 0.2) is 0 Å². The number of rotatable bonds is 5. The topological polar surface area (TPSA) is 38.1 Å². The van der Waals surface area contributed by atoms with Crippen LogP contribution in [0.4, 0.5) is 0 Å². The number of hydrogen-bond donors (Lipinski definition) is 1. The lowest BCUT2D eigenvalue weighted by molar-refractivity contribution is 0.00693. The number of nitrogens with zero attached hydrogens (tertiary/aromatic N) is 2. The van der Waals surface area contributed by atoms with Crippen LogP contribution >= 0.6 is 11.6 Å². The number of halogens is 1. The second kappa shape index (κ2) is 4.62. The molecular formula is C13H21ClN2O. The highest BCUT2D eigenvalue weighted by Gasteiger charge is 2.43. The van der Waals surface area contributed by atoms with Crippen molar-refractivity contribution < 1.29 is 5.11 Å². The summed E-state index contributed by atoms with van der Waals surface area (Å²) in [5.74, 6) is 0.453. The average molecular weight is 257 g/mol. The lowest BCUT2D eigenvalue weighted by Crippen LogP contribution is -2.34. The van der Waals surface area contributed by atoms with Gasteiger partial charge in [0.15, 0.2) is 0 Å². The molecule has 1 aliphatic carbocycles. The van der Waals surface area contributed by atoms with Gasteiger partial charge in [-0.2, -0.15) is 5.10 Å². The van der Waals surface area contributed by atoms with E-state index >= 15 is 0 Å². The molecule has 1 aromatic heterocycles. The van der Waals surface area contributed by atoms with E-state index in [4.69, 9.17) is 11.6 Å². The van der Waals surface area contributed by atoms with E-state index in [-0.39, 0.29) is 0 Å². The molecule has 0 saturated heterocycles. The smallest absolute Gasteiger partial charge is 0.0848 e. The minimum atomic E-state index is -0.585. The molecule has 1 unspecified atom stereocenters. The zero-order valence-electron chi connectivity index (χ0n) is 10.8. The van der Waals surface area contributed by atoms with Crippen molar-refractivity contribution in [1.29, 1.82) is 0 Å². The van der Waals surface area contributed by atoms with E-state index in [0.717, 1.165) is 37.1 Å². The van der Waals surface area contributed by atoms with Crippen molar-refractivity contribution in [3.05, 3.63) is 16.4 Å². The van der Waals surface area contributed by atoms with Crippen molar-refractivity contribution in [2.24, 2.45) is 13.0 Å². The van der Waals surface area contributed by atoms with Gasteiger partial charge in [-0.3, -0.25) is 4.68 Å². The highest BCUT2D eigenvalue weighted by atomic mass is 35.5. The Morgan fingerprint density at radius 3 is 2.59 bits per heavy atom. The van der Waals surface area contributed by atoms with E-state index in [1.165, 1.54) is 0 Å². The molecule has 1 saturated carbocycles. The molecule has 1 aromatic rings. The van der Waals surface area contributed by atoms with Crippen molar-refractivity contribution in [2.75, 3.05) is 0 Å². The largest absolute Gasteiger partial charge is 0.389 e. The number of aromatic nitrogens is 2. The van der Waals surface area contributed by atoms with E-state index in [9.17, 15) is 5.11 Å². The van der Waals surface area contributed by atoms with Crippen molar-refractivity contribution in [1.82, 2.24) is 9.78 Å². The van der Waals surface area contributed by atoms with Crippen molar-refractivity contribution in [2.45, 2.75) is 51.6 Å². The molecule has 0 aromatic carbocycles. The summed E-state index contributed by atoms with van der Waals surface area (Å²) in [7, 11) is 1.90. The molecule has 1 fully saturated rings. The van der Waals surface area contributed by atoms with Crippen LogP contribution in [0.5, 0.6) is 0 Å². The highest BCUT2D eigenvalue weighted by molar-refractivity contribution is 6.31. The molecule has 0 aliphatic heterocycles. The second-order valence-corrected chi connectivity index (χ2v) is 5.65. The Morgan fingerprint density at radius 2 is 2.18 bits per heavy atom. The number of aryl methyl sites for hydroxylation is 2. The summed E-state index contributed by atoms with van der Waals surface area (Å²) < 4.78 is 1.81. The van der Waals surface area contributed by atoms with Crippen molar-refractivity contribution in [3.63, 3.8) is 0 Å². The van der Waals surface area contributed by atoms with E-state index in [2.05, 4.69) is 12.0 Å². The van der Waals surface area contributed by atoms with Gasteiger partial charge in [0.2, 0.25) is 0 Å². The molecule has 17 heavy (non-hydrogen) atoms. The Morgan fingerprint density at radius 1 is 1.53 bits per heavy atom. The Bertz CT molecular complexity index is 412. The fourth-order valence-electron chi connectivity index (χ4n) is 2.65. The first-order valence-electron chi connectivity index (χ1n) is 6.38. The molecule has 96 valence electrons. The summed E-state index contributed by atoms with van der Waals surface area (Å²) in [6, 6.07) is 0. The summed E-state index contributed by atoms with van der Waals surface area (Å²) in [4.78, 5) is 0. The highest BCUT2D eigenvalue weighted by Crippen LogP contribution is 2.44. The first-order chi connectivity index (χ1) is 7.98. The maximum atomic E-state index is 10.8. The van der Waals surface area contributed by atoms with Crippen LogP contribution in [0.1, 0.15) is 44.0 Å². The molecule has 0 bridgehead atoms. The fourth-order valence-corrected chi connectivity index (χ4v) is 2.88. The normalized spacial score (nSPS) is 19.4. The van der Waals surface area contributed by atoms with Gasteiger partial charge in [0.1, 0.15) is 0 Å². The van der Waals surface area contributed by atoms with Gasteiger partial charge >= 0.3 is 0 Å². The van der Waals surface area contributed by atoms with Gasteiger partial charge in [-0.1, -0.05) is 24.9 Å². The lowest BCUT2D eigenvalue weighted by Gasteiger charge is -2.28. The molecule has 0 amide bonds. The average Bonchev–Trinajstić information content (AvgIpc) is 3.05. The SMILES string of the molecule is CCCC(O)(Cc1c(Cl)c(C)nn1C)C1CC1. The van der Waals surface area contributed by atoms with Gasteiger partial charge in [0.05, 0.1) is 22.0 Å². The Balaban J connectivity index is 2.22. The molecule has 1 atom stereocenters. The van der Waals surface area contributed by atoms with Gasteiger partial charge in [0.25, 0.3) is 0 Å². The lowest BCUT2D eigenvalue weighted by atomic mass is 9.87. The monoisotopic (exact) mass is 256 g/mol. The third kappa shape index (κ3) is 2.50. The Hall–Kier alpha value is -0.540. The summed E-state index contributed by atoms with van der Waals surface area (Å²) in [5, 5.41) is 15.8. The molecular weight excluding hydrogens is 236 g/mol. The summed E-state index contributed by atoms with van der Waals surface area (Å²) in [6.45, 7) is 4.02. The number of aliphatic hydroxyl groups is 1. The van der Waals surface area contributed by atoms with E-state index in [1.807, 2.05) is 14.0 Å². The quantitative estimate of drug-likeness (QED) is 0.880. The van der Waals surface area contributed by atoms with E-state index < -0.39 is 5.60 Å². The van der Waals surface area contributed by atoms with Gasteiger partial charge in [-0.15, -0.1) is 0 Å². The van der Waals surface area contributed by atoms with Crippen LogP contribution in [0.2, 0.25) is 5.02 Å². The maximum Gasteiger partial charge on any atom is 0.0848 e. The van der Waals surface area contributed by atoms with Crippen LogP contribution in [0.3, 0.4) is 0 Å². The zero-order valence-corrected chi connectivity index (χ0v) is 11.6. The predicted octanol–water partition coefficient (Wildman–Crippen LogP) is 2.87. The summed E-state index contributed by atoms with van der Waals surface area (Å²) >= 11 is 6.25. The predicted molar refractivity (Wildman–Crippen MR) is 69.2 cm³/mol. The van der Waals surface area contributed by atoms with Gasteiger partial charge in [-0.25, -0.2) is 0 Å². The zero-order chi connectivity index (χ0) is 12.6. The van der Waals surface area contributed by atoms with E-state index in [1.54, 1.807) is 4.68 Å².